The van der Waals surface area contributed by atoms with Crippen LogP contribution in [0.25, 0.3) is 10.9 Å². The summed E-state index contributed by atoms with van der Waals surface area (Å²) in [5, 5.41) is 4.85. The fourth-order valence-corrected chi connectivity index (χ4v) is 3.01. The van der Waals surface area contributed by atoms with Crippen LogP contribution in [0.3, 0.4) is 0 Å². The summed E-state index contributed by atoms with van der Waals surface area (Å²) in [6.45, 7) is 3.00. The van der Waals surface area contributed by atoms with Gasteiger partial charge in [-0.15, -0.1) is 0 Å². The van der Waals surface area contributed by atoms with Crippen LogP contribution in [0.2, 0.25) is 0 Å². The highest BCUT2D eigenvalue weighted by molar-refractivity contribution is 5.83. The summed E-state index contributed by atoms with van der Waals surface area (Å²) in [6.07, 6.45) is 3.05. The molecular formula is C22H27N3O2. The topological polar surface area (TPSA) is 57.4 Å². The number of hydrogen-bond acceptors (Lipinski definition) is 3. The molecule has 1 unspecified atom stereocenters. The standard InChI is InChI=1S/C22H27N3O2/c1-16(11-18-14-24-21-10-5-4-9-20(18)21)23-13-17-7-6-8-19(12-17)27-15-22(26)25(2)3/h4-10,12,14,16,23-24H,11,13,15H2,1-3H3. The summed E-state index contributed by atoms with van der Waals surface area (Å²) in [5.41, 5.74) is 3.64. The minimum absolute atomic E-state index is 0.0501. The van der Waals surface area contributed by atoms with Crippen molar-refractivity contribution in [3.05, 3.63) is 65.9 Å². The number of rotatable bonds is 8. The van der Waals surface area contributed by atoms with Crippen molar-refractivity contribution in [1.82, 2.24) is 15.2 Å². The molecule has 3 aromatic rings. The number of ether oxygens (including phenoxy) is 1. The molecule has 0 aliphatic carbocycles. The van der Waals surface area contributed by atoms with Gasteiger partial charge in [-0.3, -0.25) is 4.79 Å². The summed E-state index contributed by atoms with van der Waals surface area (Å²) < 4.78 is 5.59. The summed E-state index contributed by atoms with van der Waals surface area (Å²) in [4.78, 5) is 16.5. The van der Waals surface area contributed by atoms with E-state index in [1.54, 1.807) is 14.1 Å². The number of aromatic amines is 1. The maximum atomic E-state index is 11.6. The number of hydrogen-bond donors (Lipinski definition) is 2. The van der Waals surface area contributed by atoms with Crippen molar-refractivity contribution in [3.8, 4) is 5.75 Å². The van der Waals surface area contributed by atoms with Crippen molar-refractivity contribution < 1.29 is 9.53 Å². The summed E-state index contributed by atoms with van der Waals surface area (Å²) in [6, 6.07) is 16.6. The highest BCUT2D eigenvalue weighted by atomic mass is 16.5. The van der Waals surface area contributed by atoms with Gasteiger partial charge >= 0.3 is 0 Å². The van der Waals surface area contributed by atoms with E-state index < -0.39 is 0 Å². The third-order valence-corrected chi connectivity index (χ3v) is 4.62. The molecule has 0 bridgehead atoms. The Balaban J connectivity index is 1.53. The molecule has 5 nitrogen and oxygen atoms in total. The number of nitrogens with zero attached hydrogens (tertiary/aromatic N) is 1. The molecule has 2 N–H and O–H groups in total. The number of likely N-dealkylation sites (N-methyl/N-ethyl adjacent to an activating group) is 1. The van der Waals surface area contributed by atoms with Crippen molar-refractivity contribution >= 4 is 16.8 Å². The molecule has 0 saturated heterocycles. The van der Waals surface area contributed by atoms with Crippen LogP contribution < -0.4 is 10.1 Å². The highest BCUT2D eigenvalue weighted by Gasteiger charge is 2.09. The minimum Gasteiger partial charge on any atom is -0.484 e. The van der Waals surface area contributed by atoms with Crippen LogP contribution in [0.1, 0.15) is 18.1 Å². The van der Waals surface area contributed by atoms with Crippen LogP contribution >= 0.6 is 0 Å². The molecular weight excluding hydrogens is 338 g/mol. The number of amides is 1. The summed E-state index contributed by atoms with van der Waals surface area (Å²) in [7, 11) is 3.45. The van der Waals surface area contributed by atoms with E-state index in [9.17, 15) is 4.79 Å². The molecule has 27 heavy (non-hydrogen) atoms. The molecule has 0 aliphatic rings. The Hall–Kier alpha value is -2.79. The monoisotopic (exact) mass is 365 g/mol. The first-order valence-corrected chi connectivity index (χ1v) is 9.23. The van der Waals surface area contributed by atoms with Crippen molar-refractivity contribution in [2.45, 2.75) is 25.9 Å². The van der Waals surface area contributed by atoms with E-state index >= 15 is 0 Å². The van der Waals surface area contributed by atoms with Gasteiger partial charge in [-0.2, -0.15) is 0 Å². The number of para-hydroxylation sites is 1. The van der Waals surface area contributed by atoms with Gasteiger partial charge < -0.3 is 19.9 Å². The van der Waals surface area contributed by atoms with Crippen molar-refractivity contribution in [2.24, 2.45) is 0 Å². The van der Waals surface area contributed by atoms with Crippen LogP contribution in [0, 0.1) is 0 Å². The number of nitrogens with one attached hydrogen (secondary N) is 2. The Morgan fingerprint density at radius 3 is 2.81 bits per heavy atom. The van der Waals surface area contributed by atoms with Crippen LogP contribution in [-0.4, -0.2) is 42.5 Å². The fourth-order valence-electron chi connectivity index (χ4n) is 3.01. The molecule has 1 amide bonds. The maximum Gasteiger partial charge on any atom is 0.259 e. The lowest BCUT2D eigenvalue weighted by Crippen LogP contribution is -2.28. The normalized spacial score (nSPS) is 12.1. The van der Waals surface area contributed by atoms with Crippen molar-refractivity contribution in [3.63, 3.8) is 0 Å². The molecule has 0 spiro atoms. The first kappa shape index (κ1) is 19.0. The summed E-state index contributed by atoms with van der Waals surface area (Å²) >= 11 is 0. The Bertz CT molecular complexity index is 901. The SMILES string of the molecule is CC(Cc1c[nH]c2ccccc12)NCc1cccc(OCC(=O)N(C)C)c1. The number of H-pyrrole nitrogens is 1. The average molecular weight is 365 g/mol. The predicted molar refractivity (Wildman–Crippen MR) is 109 cm³/mol. The number of aromatic nitrogens is 1. The molecule has 1 aromatic heterocycles. The molecule has 0 radical (unpaired) electrons. The van der Waals surface area contributed by atoms with Gasteiger partial charge in [0, 0.05) is 43.8 Å². The minimum atomic E-state index is -0.0501. The zero-order chi connectivity index (χ0) is 19.2. The molecule has 3 rings (SSSR count). The number of benzene rings is 2. The Morgan fingerprint density at radius 2 is 2.00 bits per heavy atom. The van der Waals surface area contributed by atoms with Gasteiger partial charge in [-0.25, -0.2) is 0 Å². The molecule has 142 valence electrons. The van der Waals surface area contributed by atoms with E-state index in [-0.39, 0.29) is 12.5 Å². The van der Waals surface area contributed by atoms with E-state index in [1.165, 1.54) is 21.4 Å². The van der Waals surface area contributed by atoms with Gasteiger partial charge in [0.15, 0.2) is 6.61 Å². The van der Waals surface area contributed by atoms with Gasteiger partial charge in [-0.1, -0.05) is 30.3 Å². The lowest BCUT2D eigenvalue weighted by molar-refractivity contribution is -0.130. The largest absolute Gasteiger partial charge is 0.484 e. The van der Waals surface area contributed by atoms with E-state index in [4.69, 9.17) is 4.74 Å². The second kappa shape index (κ2) is 8.73. The molecule has 2 aromatic carbocycles. The van der Waals surface area contributed by atoms with Gasteiger partial charge in [0.1, 0.15) is 5.75 Å². The summed E-state index contributed by atoms with van der Waals surface area (Å²) in [5.74, 6) is 0.666. The van der Waals surface area contributed by atoms with Crippen molar-refractivity contribution in [1.29, 1.82) is 0 Å². The van der Waals surface area contributed by atoms with Gasteiger partial charge in [0.05, 0.1) is 0 Å². The molecule has 0 aliphatic heterocycles. The molecule has 0 saturated carbocycles. The Labute approximate surface area is 160 Å². The van der Waals surface area contributed by atoms with E-state index in [0.29, 0.717) is 11.8 Å². The van der Waals surface area contributed by atoms with Crippen LogP contribution in [-0.2, 0) is 17.8 Å². The molecule has 1 heterocycles. The lowest BCUT2D eigenvalue weighted by Gasteiger charge is -2.15. The fraction of sp³-hybridized carbons (Fsp3) is 0.318. The Kier molecular flexibility index (Phi) is 6.14. The van der Waals surface area contributed by atoms with Gasteiger partial charge in [0.25, 0.3) is 5.91 Å². The third kappa shape index (κ3) is 5.11. The smallest absolute Gasteiger partial charge is 0.259 e. The van der Waals surface area contributed by atoms with Gasteiger partial charge in [0.2, 0.25) is 0 Å². The molecule has 0 fully saturated rings. The molecule has 1 atom stereocenters. The average Bonchev–Trinajstić information content (AvgIpc) is 3.07. The van der Waals surface area contributed by atoms with E-state index in [0.717, 1.165) is 18.5 Å². The molecule has 5 heteroatoms. The second-order valence-electron chi connectivity index (χ2n) is 7.07. The van der Waals surface area contributed by atoms with E-state index in [1.807, 2.05) is 24.3 Å². The quantitative estimate of drug-likeness (QED) is 0.644. The zero-order valence-corrected chi connectivity index (χ0v) is 16.2. The maximum absolute atomic E-state index is 11.6. The first-order chi connectivity index (χ1) is 13.0. The number of carbonyl (C=O) groups excluding carboxylic acids is 1. The van der Waals surface area contributed by atoms with Gasteiger partial charge in [-0.05, 0) is 42.7 Å². The zero-order valence-electron chi connectivity index (χ0n) is 16.2. The van der Waals surface area contributed by atoms with Crippen LogP contribution in [0.15, 0.2) is 54.7 Å². The van der Waals surface area contributed by atoms with E-state index in [2.05, 4.69) is 47.7 Å². The third-order valence-electron chi connectivity index (χ3n) is 4.62. The predicted octanol–water partition coefficient (Wildman–Crippen LogP) is 3.36. The van der Waals surface area contributed by atoms with Crippen LogP contribution in [0.5, 0.6) is 5.75 Å². The Morgan fingerprint density at radius 1 is 1.19 bits per heavy atom. The second-order valence-corrected chi connectivity index (χ2v) is 7.07. The first-order valence-electron chi connectivity index (χ1n) is 9.23. The highest BCUT2D eigenvalue weighted by Crippen LogP contribution is 2.19. The number of fused-ring (bicyclic) bond motifs is 1. The number of carbonyl (C=O) groups is 1. The van der Waals surface area contributed by atoms with Crippen molar-refractivity contribution in [2.75, 3.05) is 20.7 Å². The van der Waals surface area contributed by atoms with Crippen LogP contribution in [0.4, 0.5) is 0 Å². The lowest BCUT2D eigenvalue weighted by atomic mass is 10.1.